The normalized spacial score (nSPS) is 10.3. The lowest BCUT2D eigenvalue weighted by Crippen LogP contribution is -2.20. The van der Waals surface area contributed by atoms with Crippen LogP contribution in [-0.4, -0.2) is 33.2 Å². The number of anilines is 2. The molecule has 0 radical (unpaired) electrons. The Bertz CT molecular complexity index is 654. The Morgan fingerprint density at radius 2 is 2.38 bits per heavy atom. The van der Waals surface area contributed by atoms with E-state index in [1.54, 1.807) is 18.0 Å². The number of aromatic amines is 1. The minimum absolute atomic E-state index is 0.114. The second-order valence-electron chi connectivity index (χ2n) is 3.94. The fraction of sp³-hybridized carbons (Fsp3) is 0.273. The van der Waals surface area contributed by atoms with E-state index >= 15 is 0 Å². The van der Waals surface area contributed by atoms with Gasteiger partial charge in [-0.3, -0.25) is 10.2 Å². The molecular weight excluding hydrogens is 310 g/mol. The Morgan fingerprint density at radius 3 is 3.14 bits per heavy atom. The summed E-state index contributed by atoms with van der Waals surface area (Å²) in [5, 5.41) is 15.4. The molecule has 0 amide bonds. The summed E-state index contributed by atoms with van der Waals surface area (Å²) < 4.78 is 0. The van der Waals surface area contributed by atoms with Crippen LogP contribution in [0.1, 0.15) is 5.69 Å². The fourth-order valence-electron chi connectivity index (χ4n) is 1.43. The Morgan fingerprint density at radius 1 is 1.52 bits per heavy atom. The third-order valence-electron chi connectivity index (χ3n) is 2.25. The molecule has 0 unspecified atom stereocenters. The molecule has 0 spiro atoms. The number of hydrogen-bond donors (Lipinski definition) is 5. The standard InChI is InChI=1S/C11H15N7OS2/c12-9(13)18-11-16-7(6-21-11)5-20-4-3-15-10-14-2-1-8(19)17-10/h1-2,6H,3-5H2,(H4,12,13,16,18)(H2,14,15,17,19). The maximum absolute atomic E-state index is 11.0. The molecule has 8 nitrogen and oxygen atoms in total. The van der Waals surface area contributed by atoms with Crippen molar-refractivity contribution in [2.75, 3.05) is 22.9 Å². The average molecular weight is 325 g/mol. The van der Waals surface area contributed by atoms with E-state index in [2.05, 4.69) is 25.6 Å². The molecule has 2 heterocycles. The topological polar surface area (TPSA) is 133 Å². The van der Waals surface area contributed by atoms with Crippen LogP contribution >= 0.6 is 23.1 Å². The van der Waals surface area contributed by atoms with E-state index in [-0.39, 0.29) is 11.5 Å². The van der Waals surface area contributed by atoms with Gasteiger partial charge in [0.1, 0.15) is 0 Å². The molecule has 2 rings (SSSR count). The summed E-state index contributed by atoms with van der Waals surface area (Å²) in [6, 6.07) is 1.37. The van der Waals surface area contributed by atoms with Crippen molar-refractivity contribution in [2.24, 2.45) is 5.73 Å². The third-order valence-corrected chi connectivity index (χ3v) is 4.05. The van der Waals surface area contributed by atoms with E-state index in [4.69, 9.17) is 11.1 Å². The molecule has 0 aromatic carbocycles. The van der Waals surface area contributed by atoms with Gasteiger partial charge in [0, 0.05) is 35.7 Å². The van der Waals surface area contributed by atoms with Gasteiger partial charge in [0.25, 0.3) is 5.56 Å². The van der Waals surface area contributed by atoms with Crippen molar-refractivity contribution in [3.63, 3.8) is 0 Å². The maximum Gasteiger partial charge on any atom is 0.274 e. The number of nitrogens with zero attached hydrogens (tertiary/aromatic N) is 2. The van der Waals surface area contributed by atoms with Gasteiger partial charge >= 0.3 is 0 Å². The molecular formula is C11H15N7OS2. The lowest BCUT2D eigenvalue weighted by atomic mass is 10.6. The summed E-state index contributed by atoms with van der Waals surface area (Å²) in [4.78, 5) is 22.0. The molecule has 0 saturated heterocycles. The van der Waals surface area contributed by atoms with Crippen LogP contribution in [0.25, 0.3) is 0 Å². The molecule has 2 aromatic heterocycles. The predicted octanol–water partition coefficient (Wildman–Crippen LogP) is 0.877. The first-order valence-electron chi connectivity index (χ1n) is 6.06. The highest BCUT2D eigenvalue weighted by atomic mass is 32.2. The smallest absolute Gasteiger partial charge is 0.274 e. The van der Waals surface area contributed by atoms with E-state index in [1.165, 1.54) is 17.4 Å². The van der Waals surface area contributed by atoms with Crippen LogP contribution in [0, 0.1) is 5.41 Å². The number of thiazole rings is 1. The lowest BCUT2D eigenvalue weighted by molar-refractivity contribution is 1.06. The van der Waals surface area contributed by atoms with Gasteiger partial charge in [-0.2, -0.15) is 16.7 Å². The Kier molecular flexibility index (Phi) is 5.58. The molecule has 0 atom stereocenters. The molecule has 0 aliphatic rings. The lowest BCUT2D eigenvalue weighted by Gasteiger charge is -2.03. The van der Waals surface area contributed by atoms with Crippen molar-refractivity contribution >= 4 is 40.1 Å². The molecule has 112 valence electrons. The predicted molar refractivity (Wildman–Crippen MR) is 87.2 cm³/mol. The molecule has 0 saturated carbocycles. The number of guanidine groups is 1. The first kappa shape index (κ1) is 15.3. The van der Waals surface area contributed by atoms with Crippen LogP contribution in [0.2, 0.25) is 0 Å². The molecule has 2 aromatic rings. The van der Waals surface area contributed by atoms with Gasteiger partial charge in [0.15, 0.2) is 11.1 Å². The summed E-state index contributed by atoms with van der Waals surface area (Å²) in [7, 11) is 0. The van der Waals surface area contributed by atoms with Crippen molar-refractivity contribution in [1.29, 1.82) is 5.41 Å². The van der Waals surface area contributed by atoms with Gasteiger partial charge in [-0.15, -0.1) is 11.3 Å². The summed E-state index contributed by atoms with van der Waals surface area (Å²) >= 11 is 3.13. The van der Waals surface area contributed by atoms with Gasteiger partial charge in [-0.05, 0) is 0 Å². The van der Waals surface area contributed by atoms with E-state index in [0.29, 0.717) is 17.6 Å². The van der Waals surface area contributed by atoms with Gasteiger partial charge < -0.3 is 21.4 Å². The second kappa shape index (κ2) is 7.64. The van der Waals surface area contributed by atoms with Crippen LogP contribution in [0.4, 0.5) is 11.1 Å². The number of aromatic nitrogens is 3. The van der Waals surface area contributed by atoms with Crippen molar-refractivity contribution in [1.82, 2.24) is 15.0 Å². The first-order valence-corrected chi connectivity index (χ1v) is 8.10. The van der Waals surface area contributed by atoms with E-state index in [9.17, 15) is 4.79 Å². The van der Waals surface area contributed by atoms with Crippen molar-refractivity contribution in [3.8, 4) is 0 Å². The van der Waals surface area contributed by atoms with Gasteiger partial charge in [0.05, 0.1) is 5.69 Å². The summed E-state index contributed by atoms with van der Waals surface area (Å²) in [5.41, 5.74) is 5.91. The Labute approximate surface area is 129 Å². The van der Waals surface area contributed by atoms with Gasteiger partial charge in [-0.1, -0.05) is 0 Å². The summed E-state index contributed by atoms with van der Waals surface area (Å²) in [6.45, 7) is 0.695. The number of nitrogens with two attached hydrogens (primary N) is 1. The first-order chi connectivity index (χ1) is 10.1. The van der Waals surface area contributed by atoms with Crippen LogP contribution in [0.5, 0.6) is 0 Å². The minimum Gasteiger partial charge on any atom is -0.370 e. The molecule has 10 heteroatoms. The summed E-state index contributed by atoms with van der Waals surface area (Å²) in [6.07, 6.45) is 1.56. The zero-order valence-electron chi connectivity index (χ0n) is 11.0. The largest absolute Gasteiger partial charge is 0.370 e. The Balaban J connectivity index is 1.66. The highest BCUT2D eigenvalue weighted by Crippen LogP contribution is 2.19. The fourth-order valence-corrected chi connectivity index (χ4v) is 3.00. The number of H-pyrrole nitrogens is 1. The van der Waals surface area contributed by atoms with Crippen molar-refractivity contribution < 1.29 is 0 Å². The van der Waals surface area contributed by atoms with Crippen molar-refractivity contribution in [2.45, 2.75) is 5.75 Å². The number of rotatable bonds is 7. The van der Waals surface area contributed by atoms with Gasteiger partial charge in [0.2, 0.25) is 5.95 Å². The maximum atomic E-state index is 11.0. The summed E-state index contributed by atoms with van der Waals surface area (Å²) in [5.74, 6) is 1.99. The molecule has 21 heavy (non-hydrogen) atoms. The molecule has 6 N–H and O–H groups in total. The third kappa shape index (κ3) is 5.44. The van der Waals surface area contributed by atoms with Crippen LogP contribution < -0.4 is 21.9 Å². The Hall–Kier alpha value is -2.07. The number of thioether (sulfide) groups is 1. The van der Waals surface area contributed by atoms with E-state index in [1.807, 2.05) is 5.38 Å². The zero-order chi connectivity index (χ0) is 15.1. The molecule has 0 aliphatic carbocycles. The van der Waals surface area contributed by atoms with Crippen molar-refractivity contribution in [3.05, 3.63) is 33.7 Å². The zero-order valence-corrected chi connectivity index (χ0v) is 12.7. The van der Waals surface area contributed by atoms with Gasteiger partial charge in [-0.25, -0.2) is 4.98 Å². The van der Waals surface area contributed by atoms with Crippen LogP contribution in [0.3, 0.4) is 0 Å². The molecule has 0 bridgehead atoms. The van der Waals surface area contributed by atoms with E-state index in [0.717, 1.165) is 17.2 Å². The quantitative estimate of drug-likeness (QED) is 0.290. The number of hydrogen-bond acceptors (Lipinski definition) is 7. The average Bonchev–Trinajstić information content (AvgIpc) is 2.85. The minimum atomic E-state index is -0.267. The van der Waals surface area contributed by atoms with E-state index < -0.39 is 0 Å². The number of nitrogens with one attached hydrogen (secondary N) is 4. The highest BCUT2D eigenvalue weighted by Gasteiger charge is 2.02. The monoisotopic (exact) mass is 325 g/mol. The second-order valence-corrected chi connectivity index (χ2v) is 5.90. The van der Waals surface area contributed by atoms with Crippen LogP contribution in [0.15, 0.2) is 22.4 Å². The van der Waals surface area contributed by atoms with Crippen LogP contribution in [-0.2, 0) is 5.75 Å². The highest BCUT2D eigenvalue weighted by molar-refractivity contribution is 7.98. The molecule has 0 aliphatic heterocycles. The molecule has 0 fully saturated rings. The SMILES string of the molecule is N=C(N)Nc1nc(CSCCNc2nc(=O)cc[nH]2)cs1.